The maximum atomic E-state index is 13.8. The topological polar surface area (TPSA) is 171 Å². The van der Waals surface area contributed by atoms with E-state index in [0.29, 0.717) is 32.5 Å². The minimum atomic E-state index is -1.10. The van der Waals surface area contributed by atoms with Crippen LogP contribution < -0.4 is 21.7 Å². The molecule has 2 fully saturated rings. The van der Waals surface area contributed by atoms with Gasteiger partial charge in [-0.05, 0) is 49.9 Å². The van der Waals surface area contributed by atoms with Gasteiger partial charge < -0.3 is 31.5 Å². The number of nitrogens with zero attached hydrogens (tertiary/aromatic N) is 2. The summed E-state index contributed by atoms with van der Waals surface area (Å²) in [7, 11) is 0. The van der Waals surface area contributed by atoms with Crippen molar-refractivity contribution in [2.75, 3.05) is 26.2 Å². The maximum Gasteiger partial charge on any atom is 0.315 e. The molecule has 2 rings (SSSR count). The number of primary amides is 1. The average molecular weight is 609 g/mol. The monoisotopic (exact) mass is 608 g/mol. The summed E-state index contributed by atoms with van der Waals surface area (Å²) in [6, 6.07) is -3.52. The second kappa shape index (κ2) is 17.2. The lowest BCUT2D eigenvalue weighted by atomic mass is 9.85. The number of carbonyl (C=O) groups is 6. The average Bonchev–Trinajstić information content (AvgIpc) is 3.63. The third kappa shape index (κ3) is 12.5. The van der Waals surface area contributed by atoms with Gasteiger partial charge in [-0.15, -0.1) is 0 Å². The van der Waals surface area contributed by atoms with E-state index in [9.17, 15) is 28.8 Å². The Balaban J connectivity index is 0.00000217. The molecule has 0 radical (unpaired) electrons. The van der Waals surface area contributed by atoms with Crippen LogP contribution in [0.15, 0.2) is 0 Å². The molecule has 12 heteroatoms. The van der Waals surface area contributed by atoms with Gasteiger partial charge in [0.05, 0.1) is 12.6 Å². The highest BCUT2D eigenvalue weighted by atomic mass is 16.2. The highest BCUT2D eigenvalue weighted by Gasteiger charge is 2.45. The molecule has 6 amide bonds. The van der Waals surface area contributed by atoms with E-state index in [4.69, 9.17) is 5.73 Å². The van der Waals surface area contributed by atoms with E-state index < -0.39 is 53.1 Å². The largest absolute Gasteiger partial charge is 0.363 e. The van der Waals surface area contributed by atoms with Crippen LogP contribution >= 0.6 is 0 Å². The van der Waals surface area contributed by atoms with Gasteiger partial charge in [0, 0.05) is 19.6 Å². The smallest absolute Gasteiger partial charge is 0.315 e. The number of likely N-dealkylation sites (N-methyl/N-ethyl adjacent to an activating group) is 1. The van der Waals surface area contributed by atoms with E-state index in [1.807, 2.05) is 20.8 Å². The normalized spacial score (nSPS) is 19.4. The number of urea groups is 1. The molecular formula is C31H56N6O6. The molecule has 246 valence electrons. The molecule has 1 aliphatic heterocycles. The number of nitrogens with two attached hydrogens (primary N) is 1. The van der Waals surface area contributed by atoms with Crippen LogP contribution in [0.2, 0.25) is 0 Å². The number of hydrogen-bond acceptors (Lipinski definition) is 6. The van der Waals surface area contributed by atoms with Gasteiger partial charge in [-0.3, -0.25) is 24.0 Å². The van der Waals surface area contributed by atoms with Crippen molar-refractivity contribution >= 4 is 35.4 Å². The molecule has 0 aromatic carbocycles. The maximum absolute atomic E-state index is 13.8. The summed E-state index contributed by atoms with van der Waals surface area (Å²) in [5, 5.41) is 7.93. The van der Waals surface area contributed by atoms with E-state index in [1.165, 1.54) is 4.90 Å². The van der Waals surface area contributed by atoms with Gasteiger partial charge in [-0.1, -0.05) is 67.7 Å². The number of carbonyl (C=O) groups excluding carboxylic acids is 6. The molecule has 0 spiro atoms. The van der Waals surface area contributed by atoms with Gasteiger partial charge in [-0.25, -0.2) is 4.79 Å². The highest BCUT2D eigenvalue weighted by Crippen LogP contribution is 2.34. The molecule has 0 aromatic rings. The molecular weight excluding hydrogens is 552 g/mol. The lowest BCUT2D eigenvalue weighted by molar-refractivity contribution is -0.143. The van der Waals surface area contributed by atoms with Crippen LogP contribution in [0.4, 0.5) is 4.79 Å². The Labute approximate surface area is 257 Å². The van der Waals surface area contributed by atoms with Crippen LogP contribution in [0.1, 0.15) is 94.4 Å². The third-order valence-corrected chi connectivity index (χ3v) is 7.60. The van der Waals surface area contributed by atoms with Crippen molar-refractivity contribution in [3.8, 4) is 0 Å². The van der Waals surface area contributed by atoms with Crippen LogP contribution in [0, 0.1) is 23.2 Å². The summed E-state index contributed by atoms with van der Waals surface area (Å²) in [6.07, 6.45) is 3.32. The van der Waals surface area contributed by atoms with Crippen LogP contribution in [0.3, 0.4) is 0 Å². The summed E-state index contributed by atoms with van der Waals surface area (Å²) < 4.78 is 0. The third-order valence-electron chi connectivity index (χ3n) is 7.60. The molecule has 12 nitrogen and oxygen atoms in total. The summed E-state index contributed by atoms with van der Waals surface area (Å²) in [5.74, 6) is -1.98. The van der Waals surface area contributed by atoms with E-state index in [2.05, 4.69) is 36.7 Å². The molecule has 2 aliphatic rings. The fourth-order valence-electron chi connectivity index (χ4n) is 4.91. The lowest BCUT2D eigenvalue weighted by Gasteiger charge is -2.35. The standard InChI is InChI=1S/C27H46N6O6.C4H10/c1-7-16-13-19(24(37)30-18(12-17-10-11-17)21(35)23(28)36)33(15-16)25(38)22(27(4,5)6)31-26(39)29-14-20(34)32(8-2)9-3;1-4(2)3/h16-19,22H,7-15H2,1-6H3,(H2,28,36)(H,30,37)(H2,29,31,39);4H,1-3H3/t16-,18?,19+,22-;/m1./s1. The summed E-state index contributed by atoms with van der Waals surface area (Å²) in [5.41, 5.74) is 4.51. The Morgan fingerprint density at radius 1 is 0.930 bits per heavy atom. The van der Waals surface area contributed by atoms with Crippen molar-refractivity contribution in [1.82, 2.24) is 25.8 Å². The predicted molar refractivity (Wildman–Crippen MR) is 166 cm³/mol. The van der Waals surface area contributed by atoms with Crippen molar-refractivity contribution in [2.24, 2.45) is 28.9 Å². The number of hydrogen-bond donors (Lipinski definition) is 4. The quantitative estimate of drug-likeness (QED) is 0.234. The molecule has 4 atom stereocenters. The fourth-order valence-corrected chi connectivity index (χ4v) is 4.91. The SMILES string of the molecule is CC(C)C.CC[C@@H]1C[C@@H](C(=O)NC(CC2CC2)C(=O)C(N)=O)N(C(=O)[C@@H](NC(=O)NCC(=O)N(CC)CC)C(C)(C)C)C1. The van der Waals surface area contributed by atoms with Crippen LogP contribution in [-0.4, -0.2) is 89.5 Å². The van der Waals surface area contributed by atoms with Crippen LogP contribution in [-0.2, 0) is 24.0 Å². The first-order chi connectivity index (χ1) is 20.0. The zero-order valence-corrected chi connectivity index (χ0v) is 27.7. The molecule has 0 aromatic heterocycles. The predicted octanol–water partition coefficient (Wildman–Crippen LogP) is 2.20. The van der Waals surface area contributed by atoms with Gasteiger partial charge in [0.1, 0.15) is 12.1 Å². The van der Waals surface area contributed by atoms with Crippen molar-refractivity contribution in [3.05, 3.63) is 0 Å². The summed E-state index contributed by atoms with van der Waals surface area (Å²) in [4.78, 5) is 79.3. The summed E-state index contributed by atoms with van der Waals surface area (Å²) >= 11 is 0. The van der Waals surface area contributed by atoms with Crippen molar-refractivity contribution in [3.63, 3.8) is 0 Å². The summed E-state index contributed by atoms with van der Waals surface area (Å²) in [6.45, 7) is 18.7. The second-order valence-electron chi connectivity index (χ2n) is 13.4. The number of likely N-dealkylation sites (tertiary alicyclic amines) is 1. The van der Waals surface area contributed by atoms with Gasteiger partial charge in [0.15, 0.2) is 0 Å². The Morgan fingerprint density at radius 2 is 1.49 bits per heavy atom. The Hall–Kier alpha value is -3.18. The van der Waals surface area contributed by atoms with Crippen molar-refractivity contribution in [2.45, 2.75) is 113 Å². The second-order valence-corrected chi connectivity index (χ2v) is 13.4. The van der Waals surface area contributed by atoms with Crippen LogP contribution in [0.5, 0.6) is 0 Å². The minimum absolute atomic E-state index is 0.0551. The number of rotatable bonds is 13. The number of amides is 6. The molecule has 5 N–H and O–H groups in total. The number of nitrogens with one attached hydrogen (secondary N) is 3. The molecule has 1 aliphatic carbocycles. The molecule has 1 heterocycles. The van der Waals surface area contributed by atoms with Gasteiger partial charge in [-0.2, -0.15) is 0 Å². The zero-order valence-electron chi connectivity index (χ0n) is 27.7. The molecule has 0 bridgehead atoms. The molecule has 43 heavy (non-hydrogen) atoms. The first-order valence-electron chi connectivity index (χ1n) is 15.7. The molecule has 1 saturated carbocycles. The first-order valence-corrected chi connectivity index (χ1v) is 15.7. The van der Waals surface area contributed by atoms with Crippen molar-refractivity contribution in [1.29, 1.82) is 0 Å². The highest BCUT2D eigenvalue weighted by molar-refractivity contribution is 6.37. The lowest BCUT2D eigenvalue weighted by Crippen LogP contribution is -2.60. The Morgan fingerprint density at radius 3 is 1.93 bits per heavy atom. The van der Waals surface area contributed by atoms with Crippen LogP contribution in [0.25, 0.3) is 0 Å². The Bertz CT molecular complexity index is 983. The van der Waals surface area contributed by atoms with Gasteiger partial charge in [0.25, 0.3) is 5.91 Å². The van der Waals surface area contributed by atoms with E-state index >= 15 is 0 Å². The molecule has 1 saturated heterocycles. The Kier molecular flexibility index (Phi) is 15.1. The zero-order chi connectivity index (χ0) is 33.1. The van der Waals surface area contributed by atoms with E-state index in [-0.39, 0.29) is 24.3 Å². The number of ketones is 1. The van der Waals surface area contributed by atoms with Crippen molar-refractivity contribution < 1.29 is 28.8 Å². The fraction of sp³-hybridized carbons (Fsp3) is 0.806. The van der Waals surface area contributed by atoms with Gasteiger partial charge >= 0.3 is 6.03 Å². The van der Waals surface area contributed by atoms with Gasteiger partial charge in [0.2, 0.25) is 23.5 Å². The van der Waals surface area contributed by atoms with E-state index in [1.54, 1.807) is 25.7 Å². The first kappa shape index (κ1) is 37.8. The number of Topliss-reactive ketones (excluding diaryl/α,β-unsaturated/α-hetero) is 1. The minimum Gasteiger partial charge on any atom is -0.363 e. The van der Waals surface area contributed by atoms with E-state index in [0.717, 1.165) is 25.2 Å². The molecule has 1 unspecified atom stereocenters.